The van der Waals surface area contributed by atoms with Crippen LogP contribution in [-0.4, -0.2) is 36.1 Å². The summed E-state index contributed by atoms with van der Waals surface area (Å²) < 4.78 is 32.6. The fourth-order valence-corrected chi connectivity index (χ4v) is 6.05. The highest BCUT2D eigenvalue weighted by molar-refractivity contribution is 8.01. The number of hydrogen-bond donors (Lipinski definition) is 0. The van der Waals surface area contributed by atoms with Gasteiger partial charge in [0.2, 0.25) is 5.91 Å². The second-order valence-electron chi connectivity index (χ2n) is 8.13. The van der Waals surface area contributed by atoms with Gasteiger partial charge in [0.15, 0.2) is 16.5 Å². The van der Waals surface area contributed by atoms with Crippen molar-refractivity contribution >= 4 is 29.3 Å². The molecule has 0 bridgehead atoms. The quantitative estimate of drug-likeness (QED) is 0.714. The standard InChI is InChI=1S/C23H22F2N2O3S/c1-30-16-6-8-20-17(12-16)23(27(9-10-31-23)21(28)15-3-2-4-15)22(29)26(20)13-14-5-7-18(24)19(25)11-14/h5-8,11-12,15H,2-4,9-10,13H2,1H3/t23-/m0/s1. The monoisotopic (exact) mass is 444 g/mol. The Morgan fingerprint density at radius 1 is 1.19 bits per heavy atom. The number of hydrogen-bond acceptors (Lipinski definition) is 4. The number of halogens is 2. The summed E-state index contributed by atoms with van der Waals surface area (Å²) in [5.41, 5.74) is 1.86. The molecule has 5 rings (SSSR count). The van der Waals surface area contributed by atoms with E-state index in [1.165, 1.54) is 17.8 Å². The Morgan fingerprint density at radius 3 is 2.68 bits per heavy atom. The maximum atomic E-state index is 13.9. The minimum atomic E-state index is -1.14. The van der Waals surface area contributed by atoms with Gasteiger partial charge in [0.1, 0.15) is 5.75 Å². The summed E-state index contributed by atoms with van der Waals surface area (Å²) in [5.74, 6) is -0.863. The molecule has 1 spiro atoms. The van der Waals surface area contributed by atoms with Crippen LogP contribution in [0.2, 0.25) is 0 Å². The van der Waals surface area contributed by atoms with E-state index in [-0.39, 0.29) is 24.3 Å². The fourth-order valence-electron chi connectivity index (χ4n) is 4.60. The van der Waals surface area contributed by atoms with Gasteiger partial charge in [-0.15, -0.1) is 11.8 Å². The number of carbonyl (C=O) groups is 2. The van der Waals surface area contributed by atoms with E-state index in [9.17, 15) is 18.4 Å². The number of anilines is 1. The molecular weight excluding hydrogens is 422 g/mol. The molecule has 2 amide bonds. The van der Waals surface area contributed by atoms with Crippen LogP contribution in [0.3, 0.4) is 0 Å². The highest BCUT2D eigenvalue weighted by Gasteiger charge is 2.60. The molecule has 1 saturated carbocycles. The summed E-state index contributed by atoms with van der Waals surface area (Å²) in [7, 11) is 1.56. The van der Waals surface area contributed by atoms with Crippen molar-refractivity contribution in [2.45, 2.75) is 30.7 Å². The second-order valence-corrected chi connectivity index (χ2v) is 9.42. The molecule has 1 saturated heterocycles. The summed E-state index contributed by atoms with van der Waals surface area (Å²) in [6.07, 6.45) is 2.74. The first-order valence-corrected chi connectivity index (χ1v) is 11.3. The summed E-state index contributed by atoms with van der Waals surface area (Å²) in [6.45, 7) is 0.588. The smallest absolute Gasteiger partial charge is 0.268 e. The highest BCUT2D eigenvalue weighted by atomic mass is 32.2. The van der Waals surface area contributed by atoms with Crippen LogP contribution in [0.25, 0.3) is 0 Å². The number of benzene rings is 2. The number of methoxy groups -OCH3 is 1. The molecule has 0 aromatic heterocycles. The molecule has 1 aliphatic carbocycles. The first-order valence-electron chi connectivity index (χ1n) is 10.4. The largest absolute Gasteiger partial charge is 0.497 e. The van der Waals surface area contributed by atoms with Crippen molar-refractivity contribution in [3.63, 3.8) is 0 Å². The number of thioether (sulfide) groups is 1. The van der Waals surface area contributed by atoms with E-state index in [1.54, 1.807) is 29.0 Å². The maximum Gasteiger partial charge on any atom is 0.268 e. The van der Waals surface area contributed by atoms with Crippen LogP contribution in [0.1, 0.15) is 30.4 Å². The Morgan fingerprint density at radius 2 is 2.00 bits per heavy atom. The molecular formula is C23H22F2N2O3S. The van der Waals surface area contributed by atoms with Crippen molar-refractivity contribution in [2.75, 3.05) is 24.3 Å². The minimum absolute atomic E-state index is 0.0213. The number of fused-ring (bicyclic) bond motifs is 2. The average Bonchev–Trinajstić information content (AvgIpc) is 3.26. The van der Waals surface area contributed by atoms with Crippen LogP contribution in [0, 0.1) is 17.6 Å². The third-order valence-electron chi connectivity index (χ3n) is 6.45. The van der Waals surface area contributed by atoms with Crippen molar-refractivity contribution in [3.05, 3.63) is 59.2 Å². The van der Waals surface area contributed by atoms with Crippen molar-refractivity contribution in [1.29, 1.82) is 0 Å². The molecule has 31 heavy (non-hydrogen) atoms. The number of carbonyl (C=O) groups excluding carboxylic acids is 2. The average molecular weight is 445 g/mol. The van der Waals surface area contributed by atoms with E-state index in [1.807, 2.05) is 6.07 Å². The Kier molecular flexibility index (Phi) is 4.92. The maximum absolute atomic E-state index is 13.9. The zero-order valence-corrected chi connectivity index (χ0v) is 17.9. The zero-order chi connectivity index (χ0) is 21.8. The van der Waals surface area contributed by atoms with E-state index in [0.717, 1.165) is 37.0 Å². The molecule has 2 aliphatic heterocycles. The lowest BCUT2D eigenvalue weighted by molar-refractivity contribution is -0.145. The van der Waals surface area contributed by atoms with Crippen LogP contribution in [0.5, 0.6) is 5.75 Å². The molecule has 1 atom stereocenters. The number of amides is 2. The van der Waals surface area contributed by atoms with E-state index >= 15 is 0 Å². The molecule has 0 N–H and O–H groups in total. The third-order valence-corrected chi connectivity index (χ3v) is 7.87. The zero-order valence-electron chi connectivity index (χ0n) is 17.1. The molecule has 3 aliphatic rings. The first kappa shape index (κ1) is 20.3. The van der Waals surface area contributed by atoms with Gasteiger partial charge in [0.05, 0.1) is 19.3 Å². The minimum Gasteiger partial charge on any atom is -0.497 e. The molecule has 2 aromatic carbocycles. The molecule has 2 heterocycles. The predicted molar refractivity (Wildman–Crippen MR) is 114 cm³/mol. The molecule has 5 nitrogen and oxygen atoms in total. The van der Waals surface area contributed by atoms with Gasteiger partial charge in [-0.3, -0.25) is 9.59 Å². The van der Waals surface area contributed by atoms with E-state index in [4.69, 9.17) is 4.74 Å². The molecule has 8 heteroatoms. The first-order chi connectivity index (χ1) is 15.0. The molecule has 162 valence electrons. The normalized spacial score (nSPS) is 22.7. The van der Waals surface area contributed by atoms with Gasteiger partial charge >= 0.3 is 0 Å². The lowest BCUT2D eigenvalue weighted by atomic mass is 9.84. The van der Waals surface area contributed by atoms with Crippen LogP contribution in [-0.2, 0) is 21.0 Å². The highest BCUT2D eigenvalue weighted by Crippen LogP contribution is 2.56. The van der Waals surface area contributed by atoms with Crippen LogP contribution < -0.4 is 9.64 Å². The summed E-state index contributed by atoms with van der Waals surface area (Å²) in [5, 5.41) is 0. The van der Waals surface area contributed by atoms with Crippen molar-refractivity contribution in [3.8, 4) is 5.75 Å². The van der Waals surface area contributed by atoms with Gasteiger partial charge < -0.3 is 14.5 Å². The van der Waals surface area contributed by atoms with Crippen molar-refractivity contribution in [1.82, 2.24) is 4.90 Å². The van der Waals surface area contributed by atoms with Crippen molar-refractivity contribution in [2.24, 2.45) is 5.92 Å². The number of ether oxygens (including phenoxy) is 1. The Balaban J connectivity index is 1.58. The molecule has 0 unspecified atom stereocenters. The topological polar surface area (TPSA) is 49.9 Å². The molecule has 0 radical (unpaired) electrons. The lowest BCUT2D eigenvalue weighted by Gasteiger charge is -2.37. The molecule has 2 aromatic rings. The fraction of sp³-hybridized carbons (Fsp3) is 0.391. The van der Waals surface area contributed by atoms with Gasteiger partial charge in [-0.2, -0.15) is 0 Å². The number of rotatable bonds is 4. The summed E-state index contributed by atoms with van der Waals surface area (Å²) in [4.78, 5) is 29.3. The van der Waals surface area contributed by atoms with Crippen LogP contribution in [0.4, 0.5) is 14.5 Å². The number of nitrogens with zero attached hydrogens (tertiary/aromatic N) is 2. The Labute approximate surface area is 183 Å². The van der Waals surface area contributed by atoms with Crippen LogP contribution >= 0.6 is 11.8 Å². The third kappa shape index (κ3) is 3.03. The Hall–Kier alpha value is -2.61. The van der Waals surface area contributed by atoms with Gasteiger partial charge in [0.25, 0.3) is 5.91 Å². The Bertz CT molecular complexity index is 1070. The summed E-state index contributed by atoms with van der Waals surface area (Å²) in [6, 6.07) is 9.02. The van der Waals surface area contributed by atoms with Crippen LogP contribution in [0.15, 0.2) is 36.4 Å². The van der Waals surface area contributed by atoms with E-state index in [0.29, 0.717) is 29.3 Å². The van der Waals surface area contributed by atoms with Gasteiger partial charge in [-0.1, -0.05) is 12.5 Å². The van der Waals surface area contributed by atoms with Gasteiger partial charge in [-0.25, -0.2) is 8.78 Å². The van der Waals surface area contributed by atoms with Crippen molar-refractivity contribution < 1.29 is 23.1 Å². The predicted octanol–water partition coefficient (Wildman–Crippen LogP) is 4.05. The lowest BCUT2D eigenvalue weighted by Crippen LogP contribution is -2.52. The van der Waals surface area contributed by atoms with E-state index < -0.39 is 16.5 Å². The summed E-state index contributed by atoms with van der Waals surface area (Å²) >= 11 is 1.45. The SMILES string of the molecule is COc1ccc2c(c1)[C@]1(SCCN1C(=O)C1CCC1)C(=O)N2Cc1ccc(F)c(F)c1. The van der Waals surface area contributed by atoms with Gasteiger partial charge in [-0.05, 0) is 48.7 Å². The second kappa shape index (κ2) is 7.51. The van der Waals surface area contributed by atoms with E-state index in [2.05, 4.69) is 0 Å². The molecule has 2 fully saturated rings. The van der Waals surface area contributed by atoms with Gasteiger partial charge in [0, 0.05) is 23.8 Å².